The number of aromatic nitrogens is 4. The summed E-state index contributed by atoms with van der Waals surface area (Å²) in [5.74, 6) is 0.758. The van der Waals surface area contributed by atoms with Gasteiger partial charge in [0.1, 0.15) is 11.9 Å². The van der Waals surface area contributed by atoms with E-state index >= 15 is 4.39 Å². The quantitative estimate of drug-likeness (QED) is 0.670. The topological polar surface area (TPSA) is 70.3 Å². The minimum Gasteiger partial charge on any atom is -0.507 e. The van der Waals surface area contributed by atoms with Gasteiger partial charge in [-0.3, -0.25) is 4.90 Å². The molecule has 0 aliphatic carbocycles. The van der Waals surface area contributed by atoms with Crippen LogP contribution in [0, 0.1) is 0 Å². The summed E-state index contributed by atoms with van der Waals surface area (Å²) in [4.78, 5) is 8.21. The van der Waals surface area contributed by atoms with Gasteiger partial charge in [-0.15, -0.1) is 10.2 Å². The van der Waals surface area contributed by atoms with Crippen LogP contribution in [-0.4, -0.2) is 67.6 Å². The maximum absolute atomic E-state index is 15.5. The Morgan fingerprint density at radius 3 is 2.75 bits per heavy atom. The van der Waals surface area contributed by atoms with Crippen molar-refractivity contribution in [3.63, 3.8) is 0 Å². The number of imidazole rings is 1. The van der Waals surface area contributed by atoms with Crippen LogP contribution < -0.4 is 4.90 Å². The van der Waals surface area contributed by atoms with Crippen LogP contribution in [0.5, 0.6) is 5.75 Å². The first-order valence-corrected chi connectivity index (χ1v) is 11.1. The van der Waals surface area contributed by atoms with Gasteiger partial charge >= 0.3 is 0 Å². The van der Waals surface area contributed by atoms with E-state index in [1.54, 1.807) is 18.6 Å². The Morgan fingerprint density at radius 1 is 1.22 bits per heavy atom. The largest absolute Gasteiger partial charge is 0.507 e. The maximum Gasteiger partial charge on any atom is 0.151 e. The lowest BCUT2D eigenvalue weighted by Crippen LogP contribution is -2.67. The van der Waals surface area contributed by atoms with Gasteiger partial charge in [0, 0.05) is 42.7 Å². The molecular formula is C24H29FN6O. The molecule has 2 fully saturated rings. The van der Waals surface area contributed by atoms with E-state index in [0.717, 1.165) is 31.4 Å². The molecule has 2 aliphatic rings. The Hall–Kier alpha value is -3.00. The van der Waals surface area contributed by atoms with Crippen molar-refractivity contribution in [2.45, 2.75) is 56.4 Å². The van der Waals surface area contributed by atoms with Crippen LogP contribution in [0.1, 0.15) is 32.6 Å². The number of phenols is 1. The zero-order valence-corrected chi connectivity index (χ0v) is 18.7. The van der Waals surface area contributed by atoms with E-state index in [-0.39, 0.29) is 23.4 Å². The second kappa shape index (κ2) is 7.85. The molecule has 32 heavy (non-hydrogen) atoms. The first-order chi connectivity index (χ1) is 15.4. The molecule has 1 aromatic carbocycles. The fourth-order valence-corrected chi connectivity index (χ4v) is 5.39. The molecule has 168 valence electrons. The van der Waals surface area contributed by atoms with Crippen molar-refractivity contribution in [3.05, 3.63) is 49.1 Å². The number of piperidine rings is 2. The standard InChI is InChI=1S/C24H29FN6O/c1-24-10-4-5-19(30(24)3)23(25)20(14-24)29(2)22-9-8-18(27-28-22)17-7-6-16(13-21(17)32)31-12-11-26-15-31/h6-9,11-13,15,19-20,23,32H,4-5,10,14H2,1-3H3/t19?,20-,23+,24-/m1/s1. The zero-order valence-electron chi connectivity index (χ0n) is 18.7. The summed E-state index contributed by atoms with van der Waals surface area (Å²) < 4.78 is 17.3. The molecule has 8 heteroatoms. The lowest BCUT2D eigenvalue weighted by Gasteiger charge is -2.56. The molecule has 1 N–H and O–H groups in total. The molecule has 1 unspecified atom stereocenters. The lowest BCUT2D eigenvalue weighted by atomic mass is 9.72. The molecule has 2 aliphatic heterocycles. The summed E-state index contributed by atoms with van der Waals surface area (Å²) in [6, 6.07) is 8.78. The van der Waals surface area contributed by atoms with E-state index in [2.05, 4.69) is 34.1 Å². The molecule has 0 saturated carbocycles. The van der Waals surface area contributed by atoms with Gasteiger partial charge in [0.05, 0.1) is 23.8 Å². The smallest absolute Gasteiger partial charge is 0.151 e. The third kappa shape index (κ3) is 3.43. The molecule has 0 spiro atoms. The highest BCUT2D eigenvalue weighted by Crippen LogP contribution is 2.43. The summed E-state index contributed by atoms with van der Waals surface area (Å²) in [6.45, 7) is 2.25. The third-order valence-corrected chi connectivity index (χ3v) is 7.52. The Bertz CT molecular complexity index is 1090. The van der Waals surface area contributed by atoms with Gasteiger partial charge in [-0.25, -0.2) is 9.37 Å². The highest BCUT2D eigenvalue weighted by molar-refractivity contribution is 5.69. The van der Waals surface area contributed by atoms with Crippen LogP contribution in [0.4, 0.5) is 10.2 Å². The fourth-order valence-electron chi connectivity index (χ4n) is 5.39. The molecule has 2 aromatic heterocycles. The van der Waals surface area contributed by atoms with Crippen molar-refractivity contribution < 1.29 is 9.50 Å². The lowest BCUT2D eigenvalue weighted by molar-refractivity contribution is -0.0600. The first-order valence-electron chi connectivity index (χ1n) is 11.1. The molecule has 7 nitrogen and oxygen atoms in total. The van der Waals surface area contributed by atoms with Crippen molar-refractivity contribution in [2.24, 2.45) is 0 Å². The number of halogens is 1. The summed E-state index contributed by atoms with van der Waals surface area (Å²) in [7, 11) is 3.97. The number of phenolic OH excluding ortho intramolecular Hbond substituents is 1. The summed E-state index contributed by atoms with van der Waals surface area (Å²) in [5.41, 5.74) is 1.99. The summed E-state index contributed by atoms with van der Waals surface area (Å²) >= 11 is 0. The minimum absolute atomic E-state index is 0.0145. The predicted octanol–water partition coefficient (Wildman–Crippen LogP) is 3.82. The van der Waals surface area contributed by atoms with Crippen LogP contribution in [0.15, 0.2) is 49.1 Å². The van der Waals surface area contributed by atoms with Crippen LogP contribution in [0.2, 0.25) is 0 Å². The van der Waals surface area contributed by atoms with Gasteiger partial charge in [0.2, 0.25) is 0 Å². The average molecular weight is 437 g/mol. The molecule has 0 amide bonds. The number of benzene rings is 1. The molecule has 5 rings (SSSR count). The highest BCUT2D eigenvalue weighted by Gasteiger charge is 2.51. The van der Waals surface area contributed by atoms with Gasteiger partial charge in [0.25, 0.3) is 0 Å². The predicted molar refractivity (Wildman–Crippen MR) is 122 cm³/mol. The zero-order chi connectivity index (χ0) is 22.5. The van der Waals surface area contributed by atoms with E-state index in [1.807, 2.05) is 47.0 Å². The Labute approximate surface area is 187 Å². The number of fused-ring (bicyclic) bond motifs is 2. The fraction of sp³-hybridized carbons (Fsp3) is 0.458. The van der Waals surface area contributed by atoms with E-state index < -0.39 is 6.17 Å². The number of rotatable bonds is 4. The molecule has 2 saturated heterocycles. The molecule has 3 aromatic rings. The van der Waals surface area contributed by atoms with Crippen molar-refractivity contribution in [2.75, 3.05) is 19.0 Å². The van der Waals surface area contributed by atoms with Crippen LogP contribution in [-0.2, 0) is 0 Å². The third-order valence-electron chi connectivity index (χ3n) is 7.52. The second-order valence-electron chi connectivity index (χ2n) is 9.34. The second-order valence-corrected chi connectivity index (χ2v) is 9.34. The van der Waals surface area contributed by atoms with Gasteiger partial charge in [0.15, 0.2) is 5.82 Å². The molecule has 2 bridgehead atoms. The van der Waals surface area contributed by atoms with Crippen molar-refractivity contribution in [1.82, 2.24) is 24.6 Å². The molecule has 4 atom stereocenters. The van der Waals surface area contributed by atoms with Gasteiger partial charge in [-0.1, -0.05) is 0 Å². The molecular weight excluding hydrogens is 407 g/mol. The average Bonchev–Trinajstić information content (AvgIpc) is 3.33. The van der Waals surface area contributed by atoms with Crippen LogP contribution in [0.3, 0.4) is 0 Å². The normalized spacial score (nSPS) is 27.9. The number of aromatic hydroxyl groups is 1. The van der Waals surface area contributed by atoms with Gasteiger partial charge in [-0.2, -0.15) is 0 Å². The molecule has 4 heterocycles. The van der Waals surface area contributed by atoms with E-state index in [4.69, 9.17) is 0 Å². The number of hydrogen-bond acceptors (Lipinski definition) is 6. The Kier molecular flexibility index (Phi) is 5.12. The number of anilines is 1. The van der Waals surface area contributed by atoms with Gasteiger partial charge < -0.3 is 14.6 Å². The number of nitrogens with zero attached hydrogens (tertiary/aromatic N) is 6. The van der Waals surface area contributed by atoms with E-state index in [1.165, 1.54) is 0 Å². The van der Waals surface area contributed by atoms with Crippen molar-refractivity contribution in [1.29, 1.82) is 0 Å². The van der Waals surface area contributed by atoms with E-state index in [9.17, 15) is 5.11 Å². The monoisotopic (exact) mass is 436 g/mol. The Balaban J connectivity index is 1.37. The van der Waals surface area contributed by atoms with E-state index in [0.29, 0.717) is 17.1 Å². The molecule has 0 radical (unpaired) electrons. The first kappa shape index (κ1) is 20.9. The minimum atomic E-state index is -0.931. The summed E-state index contributed by atoms with van der Waals surface area (Å²) in [5, 5.41) is 19.3. The Morgan fingerprint density at radius 2 is 2.06 bits per heavy atom. The van der Waals surface area contributed by atoms with Crippen molar-refractivity contribution in [3.8, 4) is 22.7 Å². The maximum atomic E-state index is 15.5. The van der Waals surface area contributed by atoms with Crippen molar-refractivity contribution >= 4 is 5.82 Å². The number of hydrogen-bond donors (Lipinski definition) is 1. The van der Waals surface area contributed by atoms with Crippen LogP contribution >= 0.6 is 0 Å². The van der Waals surface area contributed by atoms with Gasteiger partial charge in [-0.05, 0) is 63.9 Å². The SMILES string of the molecule is CN(c1ccc(-c2ccc(-n3ccnc3)cc2O)nn1)[C@@H]1C[C@@]2(C)CCCC([C@@H]1F)N2C. The number of alkyl halides is 1. The van der Waals surface area contributed by atoms with Crippen LogP contribution in [0.25, 0.3) is 16.9 Å². The highest BCUT2D eigenvalue weighted by atomic mass is 19.1. The summed E-state index contributed by atoms with van der Waals surface area (Å²) in [6.07, 6.45) is 8.08.